The van der Waals surface area contributed by atoms with Crippen molar-refractivity contribution in [3.63, 3.8) is 0 Å². The summed E-state index contributed by atoms with van der Waals surface area (Å²) in [4.78, 5) is 25.6. The van der Waals surface area contributed by atoms with Gasteiger partial charge >= 0.3 is 0 Å². The molecule has 0 saturated heterocycles. The van der Waals surface area contributed by atoms with E-state index in [9.17, 15) is 14.0 Å². The summed E-state index contributed by atoms with van der Waals surface area (Å²) >= 11 is 0. The summed E-state index contributed by atoms with van der Waals surface area (Å²) in [5, 5.41) is 0. The number of rotatable bonds is 5. The Morgan fingerprint density at radius 3 is 2.33 bits per heavy atom. The number of benzene rings is 2. The molecule has 0 radical (unpaired) electrons. The van der Waals surface area contributed by atoms with Crippen molar-refractivity contribution in [3.8, 4) is 5.75 Å². The van der Waals surface area contributed by atoms with Crippen molar-refractivity contribution in [1.82, 2.24) is 4.90 Å². The molecule has 1 aliphatic rings. The molecule has 122 valence electrons. The standard InChI is InChI=1S/C19H16FNO3/c1-24-17-10-9-13(12-16(17)20)6-4-5-11-21-18(22)14-7-2-3-8-15(14)19(21)23/h2-4,6-10,12H,5,11H2,1H3/b6-4+. The number of hydrogen-bond acceptors (Lipinski definition) is 3. The topological polar surface area (TPSA) is 46.6 Å². The Kier molecular flexibility index (Phi) is 4.42. The third-order valence-electron chi connectivity index (χ3n) is 3.88. The number of amides is 2. The molecule has 1 heterocycles. The maximum absolute atomic E-state index is 13.6. The number of hydrogen-bond donors (Lipinski definition) is 0. The van der Waals surface area contributed by atoms with Gasteiger partial charge < -0.3 is 4.74 Å². The molecule has 24 heavy (non-hydrogen) atoms. The van der Waals surface area contributed by atoms with Gasteiger partial charge in [-0.05, 0) is 36.2 Å². The van der Waals surface area contributed by atoms with E-state index in [0.717, 1.165) is 0 Å². The Labute approximate surface area is 139 Å². The average Bonchev–Trinajstić information content (AvgIpc) is 2.84. The second kappa shape index (κ2) is 6.66. The first-order chi connectivity index (χ1) is 11.6. The van der Waals surface area contributed by atoms with Gasteiger partial charge in [-0.25, -0.2) is 4.39 Å². The van der Waals surface area contributed by atoms with E-state index in [2.05, 4.69) is 0 Å². The van der Waals surface area contributed by atoms with Crippen LogP contribution in [0.4, 0.5) is 4.39 Å². The van der Waals surface area contributed by atoms with Crippen LogP contribution in [0.2, 0.25) is 0 Å². The number of carbonyl (C=O) groups excluding carboxylic acids is 2. The molecule has 0 fully saturated rings. The van der Waals surface area contributed by atoms with Crippen LogP contribution in [0.3, 0.4) is 0 Å². The molecule has 0 saturated carbocycles. The highest BCUT2D eigenvalue weighted by Gasteiger charge is 2.34. The summed E-state index contributed by atoms with van der Waals surface area (Å²) in [5.74, 6) is -0.767. The summed E-state index contributed by atoms with van der Waals surface area (Å²) in [7, 11) is 1.41. The first-order valence-corrected chi connectivity index (χ1v) is 7.57. The van der Waals surface area contributed by atoms with E-state index in [1.165, 1.54) is 18.1 Å². The van der Waals surface area contributed by atoms with Gasteiger partial charge in [0.2, 0.25) is 0 Å². The second-order valence-electron chi connectivity index (χ2n) is 5.39. The lowest BCUT2D eigenvalue weighted by atomic mass is 10.1. The van der Waals surface area contributed by atoms with Crippen LogP contribution >= 0.6 is 0 Å². The molecule has 5 heteroatoms. The van der Waals surface area contributed by atoms with E-state index in [4.69, 9.17) is 4.74 Å². The zero-order valence-electron chi connectivity index (χ0n) is 13.2. The predicted octanol–water partition coefficient (Wildman–Crippen LogP) is 3.53. The van der Waals surface area contributed by atoms with Crippen molar-refractivity contribution >= 4 is 17.9 Å². The molecule has 0 aromatic heterocycles. The second-order valence-corrected chi connectivity index (χ2v) is 5.39. The number of ether oxygens (including phenoxy) is 1. The monoisotopic (exact) mass is 325 g/mol. The number of methoxy groups -OCH3 is 1. The van der Waals surface area contributed by atoms with Crippen LogP contribution in [0, 0.1) is 5.82 Å². The molecule has 2 aromatic rings. The number of carbonyl (C=O) groups is 2. The summed E-state index contributed by atoms with van der Waals surface area (Å²) in [5.41, 5.74) is 1.59. The maximum Gasteiger partial charge on any atom is 0.261 e. The first-order valence-electron chi connectivity index (χ1n) is 7.57. The third-order valence-corrected chi connectivity index (χ3v) is 3.88. The van der Waals surface area contributed by atoms with Crippen LogP contribution in [-0.2, 0) is 0 Å². The molecule has 3 rings (SSSR count). The van der Waals surface area contributed by atoms with E-state index in [-0.39, 0.29) is 17.6 Å². The minimum atomic E-state index is -0.431. The fourth-order valence-corrected chi connectivity index (χ4v) is 2.65. The van der Waals surface area contributed by atoms with E-state index >= 15 is 0 Å². The number of nitrogens with zero attached hydrogens (tertiary/aromatic N) is 1. The molecule has 4 nitrogen and oxygen atoms in total. The largest absolute Gasteiger partial charge is 0.494 e. The quantitative estimate of drug-likeness (QED) is 0.790. The third kappa shape index (κ3) is 2.93. The van der Waals surface area contributed by atoms with Gasteiger partial charge in [0.15, 0.2) is 11.6 Å². The summed E-state index contributed by atoms with van der Waals surface area (Å²) in [6.07, 6.45) is 4.06. The number of fused-ring (bicyclic) bond motifs is 1. The maximum atomic E-state index is 13.6. The van der Waals surface area contributed by atoms with Crippen LogP contribution in [0.15, 0.2) is 48.5 Å². The Hall–Kier alpha value is -2.95. The van der Waals surface area contributed by atoms with Crippen LogP contribution in [0.5, 0.6) is 5.75 Å². The minimum Gasteiger partial charge on any atom is -0.494 e. The van der Waals surface area contributed by atoms with Crippen molar-refractivity contribution in [2.75, 3.05) is 13.7 Å². The molecule has 0 spiro atoms. The highest BCUT2D eigenvalue weighted by molar-refractivity contribution is 6.21. The smallest absolute Gasteiger partial charge is 0.261 e. The van der Waals surface area contributed by atoms with Crippen molar-refractivity contribution < 1.29 is 18.7 Å². The highest BCUT2D eigenvalue weighted by Crippen LogP contribution is 2.23. The van der Waals surface area contributed by atoms with Gasteiger partial charge in [-0.2, -0.15) is 0 Å². The molecular weight excluding hydrogens is 309 g/mol. The molecule has 0 unspecified atom stereocenters. The van der Waals surface area contributed by atoms with Crippen LogP contribution in [0.1, 0.15) is 32.7 Å². The average molecular weight is 325 g/mol. The first kappa shape index (κ1) is 15.9. The molecule has 0 aliphatic carbocycles. The minimum absolute atomic E-state index is 0.193. The molecular formula is C19H16FNO3. The van der Waals surface area contributed by atoms with Gasteiger partial charge in [-0.3, -0.25) is 14.5 Å². The lowest BCUT2D eigenvalue weighted by Crippen LogP contribution is -2.30. The van der Waals surface area contributed by atoms with Gasteiger partial charge in [0.05, 0.1) is 18.2 Å². The van der Waals surface area contributed by atoms with Gasteiger partial charge in [-0.15, -0.1) is 0 Å². The van der Waals surface area contributed by atoms with Gasteiger partial charge in [0.1, 0.15) is 0 Å². The number of halogens is 1. The van der Waals surface area contributed by atoms with Gasteiger partial charge in [0.25, 0.3) is 11.8 Å². The van der Waals surface area contributed by atoms with E-state index < -0.39 is 5.82 Å². The van der Waals surface area contributed by atoms with Crippen molar-refractivity contribution in [3.05, 3.63) is 71.0 Å². The van der Waals surface area contributed by atoms with E-state index in [1.54, 1.807) is 42.5 Å². The molecule has 0 atom stereocenters. The summed E-state index contributed by atoms with van der Waals surface area (Å²) in [6, 6.07) is 11.5. The molecule has 0 bridgehead atoms. The predicted molar refractivity (Wildman–Crippen MR) is 88.4 cm³/mol. The highest BCUT2D eigenvalue weighted by atomic mass is 19.1. The SMILES string of the molecule is COc1ccc(/C=C/CCN2C(=O)c3ccccc3C2=O)cc1F. The normalized spacial score (nSPS) is 13.7. The van der Waals surface area contributed by atoms with Crippen LogP contribution < -0.4 is 4.74 Å². The lowest BCUT2D eigenvalue weighted by Gasteiger charge is -2.11. The fraction of sp³-hybridized carbons (Fsp3) is 0.158. The van der Waals surface area contributed by atoms with E-state index in [0.29, 0.717) is 29.7 Å². The zero-order valence-corrected chi connectivity index (χ0v) is 13.2. The Bertz CT molecular complexity index is 794. The molecule has 2 amide bonds. The molecule has 1 aliphatic heterocycles. The summed E-state index contributed by atoms with van der Waals surface area (Å²) in [6.45, 7) is 0.293. The van der Waals surface area contributed by atoms with E-state index in [1.807, 2.05) is 6.08 Å². The van der Waals surface area contributed by atoms with Crippen LogP contribution in [-0.4, -0.2) is 30.4 Å². The summed E-state index contributed by atoms with van der Waals surface area (Å²) < 4.78 is 18.5. The zero-order chi connectivity index (χ0) is 17.1. The fourth-order valence-electron chi connectivity index (χ4n) is 2.65. The van der Waals surface area contributed by atoms with Crippen molar-refractivity contribution in [2.24, 2.45) is 0 Å². The van der Waals surface area contributed by atoms with Crippen molar-refractivity contribution in [1.29, 1.82) is 0 Å². The molecule has 2 aromatic carbocycles. The number of imide groups is 1. The van der Waals surface area contributed by atoms with Gasteiger partial charge in [-0.1, -0.05) is 30.4 Å². The van der Waals surface area contributed by atoms with Crippen molar-refractivity contribution in [2.45, 2.75) is 6.42 Å². The Morgan fingerprint density at radius 1 is 1.08 bits per heavy atom. The van der Waals surface area contributed by atoms with Crippen LogP contribution in [0.25, 0.3) is 6.08 Å². The Morgan fingerprint density at radius 2 is 1.75 bits per heavy atom. The molecule has 0 N–H and O–H groups in total. The van der Waals surface area contributed by atoms with Gasteiger partial charge in [0, 0.05) is 6.54 Å². The lowest BCUT2D eigenvalue weighted by molar-refractivity contribution is 0.0657. The Balaban J connectivity index is 1.62.